The van der Waals surface area contributed by atoms with Gasteiger partial charge in [-0.25, -0.2) is 0 Å². The van der Waals surface area contributed by atoms with Crippen LogP contribution in [-0.2, 0) is 9.59 Å². The van der Waals surface area contributed by atoms with Crippen molar-refractivity contribution in [3.8, 4) is 11.2 Å². The van der Waals surface area contributed by atoms with Crippen molar-refractivity contribution in [1.82, 2.24) is 0 Å². The number of nitriles is 1. The lowest BCUT2D eigenvalue weighted by molar-refractivity contribution is -0.132. The normalized spacial score (nSPS) is 9.59. The zero-order valence-corrected chi connectivity index (χ0v) is 12.1. The lowest BCUT2D eigenvalue weighted by Crippen LogP contribution is -2.29. The summed E-state index contributed by atoms with van der Waals surface area (Å²) < 4.78 is 0. The molecule has 6 nitrogen and oxygen atoms in total. The van der Waals surface area contributed by atoms with Crippen molar-refractivity contribution in [3.63, 3.8) is 0 Å². The minimum absolute atomic E-state index is 0.0674. The molecule has 110 valence electrons. The van der Waals surface area contributed by atoms with Crippen LogP contribution in [0.15, 0.2) is 53.4 Å². The van der Waals surface area contributed by atoms with Crippen LogP contribution >= 0.6 is 11.8 Å². The summed E-state index contributed by atoms with van der Waals surface area (Å²) in [5.74, 6) is -1.56. The second kappa shape index (κ2) is 7.15. The Morgan fingerprint density at radius 3 is 1.82 bits per heavy atom. The summed E-state index contributed by atoms with van der Waals surface area (Å²) in [5, 5.41) is 24.5. The molecule has 0 atom stereocenters. The van der Waals surface area contributed by atoms with Gasteiger partial charge in [-0.15, -0.1) is 0 Å². The van der Waals surface area contributed by atoms with Crippen LogP contribution in [0.1, 0.15) is 0 Å². The molecule has 0 aromatic heterocycles. The molecule has 22 heavy (non-hydrogen) atoms. The SMILES string of the molecule is N#CSc1ccc(NC(=O)C(=O)Nc2ccc(O)cc2)cc1. The van der Waals surface area contributed by atoms with Crippen molar-refractivity contribution < 1.29 is 14.7 Å². The summed E-state index contributed by atoms with van der Waals surface area (Å²) >= 11 is 1.01. The Balaban J connectivity index is 1.95. The fourth-order valence-electron chi connectivity index (χ4n) is 1.58. The summed E-state index contributed by atoms with van der Waals surface area (Å²) in [4.78, 5) is 24.2. The number of carbonyl (C=O) groups excluding carboxylic acids is 2. The number of benzene rings is 2. The zero-order chi connectivity index (χ0) is 15.9. The first-order chi connectivity index (χ1) is 10.6. The van der Waals surface area contributed by atoms with E-state index < -0.39 is 11.8 Å². The lowest BCUT2D eigenvalue weighted by atomic mass is 10.3. The third kappa shape index (κ3) is 4.26. The second-order valence-corrected chi connectivity index (χ2v) is 5.03. The Kier molecular flexibility index (Phi) is 5.01. The van der Waals surface area contributed by atoms with Crippen molar-refractivity contribution in [1.29, 1.82) is 5.26 Å². The average molecular weight is 313 g/mol. The number of hydrogen-bond donors (Lipinski definition) is 3. The standard InChI is InChI=1S/C15H11N3O3S/c16-9-22-13-7-3-11(4-8-13)18-15(21)14(20)17-10-1-5-12(19)6-2-10/h1-8,19H,(H,17,20)(H,18,21). The fourth-order valence-corrected chi connectivity index (χ4v) is 1.96. The Morgan fingerprint density at radius 2 is 1.36 bits per heavy atom. The summed E-state index contributed by atoms with van der Waals surface area (Å²) in [5.41, 5.74) is 0.854. The molecule has 0 spiro atoms. The highest BCUT2D eigenvalue weighted by Gasteiger charge is 2.14. The number of hydrogen-bond acceptors (Lipinski definition) is 5. The Labute approximate surface area is 130 Å². The summed E-state index contributed by atoms with van der Waals surface area (Å²) in [6.07, 6.45) is 0. The Morgan fingerprint density at radius 1 is 0.909 bits per heavy atom. The molecule has 0 saturated heterocycles. The number of rotatable bonds is 3. The van der Waals surface area contributed by atoms with Crippen LogP contribution < -0.4 is 10.6 Å². The number of nitrogens with zero attached hydrogens (tertiary/aromatic N) is 1. The molecular formula is C15H11N3O3S. The smallest absolute Gasteiger partial charge is 0.314 e. The Bertz CT molecular complexity index is 721. The topological polar surface area (TPSA) is 102 Å². The van der Waals surface area contributed by atoms with E-state index in [-0.39, 0.29) is 5.75 Å². The predicted octanol–water partition coefficient (Wildman–Crippen LogP) is 2.54. The highest BCUT2D eigenvalue weighted by Crippen LogP contribution is 2.19. The number of phenolic OH excluding ortho intramolecular Hbond substituents is 1. The molecule has 0 unspecified atom stereocenters. The molecule has 0 fully saturated rings. The number of nitrogens with one attached hydrogen (secondary N) is 2. The van der Waals surface area contributed by atoms with E-state index in [1.807, 2.05) is 5.40 Å². The van der Waals surface area contributed by atoms with Crippen molar-refractivity contribution >= 4 is 35.0 Å². The molecule has 7 heteroatoms. The van der Waals surface area contributed by atoms with Gasteiger partial charge in [0.1, 0.15) is 11.2 Å². The lowest BCUT2D eigenvalue weighted by Gasteiger charge is -2.07. The number of thiocyanates is 1. The van der Waals surface area contributed by atoms with E-state index in [4.69, 9.17) is 10.4 Å². The molecule has 0 saturated carbocycles. The van der Waals surface area contributed by atoms with Gasteiger partial charge in [0, 0.05) is 16.3 Å². The molecule has 0 aliphatic heterocycles. The highest BCUT2D eigenvalue weighted by atomic mass is 32.2. The van der Waals surface area contributed by atoms with Gasteiger partial charge < -0.3 is 15.7 Å². The summed E-state index contributed by atoms with van der Waals surface area (Å²) in [6.45, 7) is 0. The molecular weight excluding hydrogens is 302 g/mol. The highest BCUT2D eigenvalue weighted by molar-refractivity contribution is 8.03. The molecule has 2 amide bonds. The van der Waals surface area contributed by atoms with Gasteiger partial charge in [-0.1, -0.05) is 0 Å². The van der Waals surface area contributed by atoms with Crippen molar-refractivity contribution in [2.45, 2.75) is 4.90 Å². The van der Waals surface area contributed by atoms with E-state index in [0.717, 1.165) is 16.7 Å². The quantitative estimate of drug-likeness (QED) is 0.350. The van der Waals surface area contributed by atoms with Gasteiger partial charge >= 0.3 is 11.8 Å². The van der Waals surface area contributed by atoms with E-state index in [9.17, 15) is 9.59 Å². The minimum Gasteiger partial charge on any atom is -0.508 e. The molecule has 0 aliphatic carbocycles. The molecule has 0 bridgehead atoms. The van der Waals surface area contributed by atoms with E-state index in [1.165, 1.54) is 24.3 Å². The molecule has 0 heterocycles. The molecule has 0 radical (unpaired) electrons. The molecule has 0 aliphatic rings. The number of aromatic hydroxyl groups is 1. The van der Waals surface area contributed by atoms with Crippen LogP contribution in [0, 0.1) is 10.7 Å². The second-order valence-electron chi connectivity index (χ2n) is 4.17. The van der Waals surface area contributed by atoms with Crippen molar-refractivity contribution in [3.05, 3.63) is 48.5 Å². The predicted molar refractivity (Wildman–Crippen MR) is 83.3 cm³/mol. The fraction of sp³-hybridized carbons (Fsp3) is 0. The van der Waals surface area contributed by atoms with Gasteiger partial charge in [0.25, 0.3) is 0 Å². The van der Waals surface area contributed by atoms with Gasteiger partial charge in [-0.2, -0.15) is 5.26 Å². The number of amides is 2. The van der Waals surface area contributed by atoms with Gasteiger partial charge in [0.05, 0.1) is 0 Å². The first-order valence-electron chi connectivity index (χ1n) is 6.16. The maximum Gasteiger partial charge on any atom is 0.314 e. The van der Waals surface area contributed by atoms with Crippen LogP contribution in [0.3, 0.4) is 0 Å². The van der Waals surface area contributed by atoms with E-state index in [2.05, 4.69) is 10.6 Å². The third-order valence-corrected chi connectivity index (χ3v) is 3.21. The van der Waals surface area contributed by atoms with E-state index >= 15 is 0 Å². The molecule has 3 N–H and O–H groups in total. The maximum absolute atomic E-state index is 11.8. The van der Waals surface area contributed by atoms with Crippen LogP contribution in [0.25, 0.3) is 0 Å². The summed E-state index contributed by atoms with van der Waals surface area (Å²) in [7, 11) is 0. The van der Waals surface area contributed by atoms with Crippen molar-refractivity contribution in [2.75, 3.05) is 10.6 Å². The van der Waals surface area contributed by atoms with E-state index in [1.54, 1.807) is 24.3 Å². The summed E-state index contributed by atoms with van der Waals surface area (Å²) in [6, 6.07) is 12.3. The first kappa shape index (κ1) is 15.4. The first-order valence-corrected chi connectivity index (χ1v) is 6.97. The average Bonchev–Trinajstić information content (AvgIpc) is 2.51. The van der Waals surface area contributed by atoms with Gasteiger partial charge in [0.2, 0.25) is 0 Å². The zero-order valence-electron chi connectivity index (χ0n) is 11.2. The molecule has 2 aromatic rings. The van der Waals surface area contributed by atoms with E-state index in [0.29, 0.717) is 11.4 Å². The van der Waals surface area contributed by atoms with Crippen LogP contribution in [0.2, 0.25) is 0 Å². The monoisotopic (exact) mass is 313 g/mol. The minimum atomic E-state index is -0.818. The van der Waals surface area contributed by atoms with Crippen molar-refractivity contribution in [2.24, 2.45) is 0 Å². The van der Waals surface area contributed by atoms with Crippen LogP contribution in [0.5, 0.6) is 5.75 Å². The molecule has 2 aromatic carbocycles. The third-order valence-electron chi connectivity index (χ3n) is 2.61. The van der Waals surface area contributed by atoms with Gasteiger partial charge in [-0.05, 0) is 60.3 Å². The van der Waals surface area contributed by atoms with Crippen LogP contribution in [-0.4, -0.2) is 16.9 Å². The number of thioether (sulfide) groups is 1. The number of carbonyl (C=O) groups is 2. The van der Waals surface area contributed by atoms with Crippen LogP contribution in [0.4, 0.5) is 11.4 Å². The maximum atomic E-state index is 11.8. The van der Waals surface area contributed by atoms with Gasteiger partial charge in [-0.3, -0.25) is 9.59 Å². The number of anilines is 2. The molecule has 2 rings (SSSR count). The number of phenols is 1. The Hall–Kier alpha value is -2.98. The van der Waals surface area contributed by atoms with Gasteiger partial charge in [0.15, 0.2) is 0 Å². The largest absolute Gasteiger partial charge is 0.508 e.